The fraction of sp³-hybridized carbons (Fsp3) is 0.348. The van der Waals surface area contributed by atoms with Crippen LogP contribution in [0.25, 0.3) is 0 Å². The standard InChI is InChI=1S/C23H30O4Si/c1-6-13-20(26-5)21(22(24)25)27-28(23(2,3)4,18-14-9-7-10-15-18)19-16-11-8-12-17-19/h6-12,14-17,20-21H,1,13H2,2-5H3,(H,24,25)/t20-,21-/m0/s1. The minimum Gasteiger partial charge on any atom is -0.479 e. The molecule has 2 rings (SSSR count). The Hall–Kier alpha value is -2.21. The molecule has 2 aromatic carbocycles. The molecule has 0 aliphatic rings. The van der Waals surface area contributed by atoms with E-state index in [0.29, 0.717) is 6.42 Å². The SMILES string of the molecule is C=CC[C@H](OC)[C@H](O[Si](c1ccccc1)(c1ccccc1)C(C)(C)C)C(=O)O. The van der Waals surface area contributed by atoms with Crippen molar-refractivity contribution in [2.45, 2.75) is 44.4 Å². The van der Waals surface area contributed by atoms with Crippen LogP contribution in [0.5, 0.6) is 0 Å². The average Bonchev–Trinajstić information content (AvgIpc) is 2.67. The van der Waals surface area contributed by atoms with Crippen LogP contribution in [0, 0.1) is 0 Å². The summed E-state index contributed by atoms with van der Waals surface area (Å²) < 4.78 is 12.2. The Balaban J connectivity index is 2.73. The predicted molar refractivity (Wildman–Crippen MR) is 116 cm³/mol. The minimum absolute atomic E-state index is 0.310. The van der Waals surface area contributed by atoms with Crippen LogP contribution in [-0.4, -0.2) is 38.7 Å². The van der Waals surface area contributed by atoms with E-state index in [2.05, 4.69) is 27.4 Å². The normalized spacial score (nSPS) is 14.3. The zero-order valence-electron chi connectivity index (χ0n) is 17.1. The van der Waals surface area contributed by atoms with E-state index in [1.807, 2.05) is 60.7 Å². The molecule has 2 atom stereocenters. The van der Waals surface area contributed by atoms with Crippen molar-refractivity contribution >= 4 is 24.7 Å². The van der Waals surface area contributed by atoms with E-state index >= 15 is 0 Å². The van der Waals surface area contributed by atoms with E-state index in [9.17, 15) is 9.90 Å². The second-order valence-corrected chi connectivity index (χ2v) is 12.1. The quantitative estimate of drug-likeness (QED) is 0.518. The molecular weight excluding hydrogens is 368 g/mol. The van der Waals surface area contributed by atoms with Gasteiger partial charge in [-0.15, -0.1) is 6.58 Å². The molecule has 2 aromatic rings. The first-order valence-electron chi connectivity index (χ1n) is 9.43. The molecular formula is C23H30O4Si. The number of hydrogen-bond donors (Lipinski definition) is 1. The number of hydrogen-bond acceptors (Lipinski definition) is 3. The summed E-state index contributed by atoms with van der Waals surface area (Å²) in [5.74, 6) is -1.03. The zero-order valence-corrected chi connectivity index (χ0v) is 18.1. The Morgan fingerprint density at radius 2 is 1.54 bits per heavy atom. The van der Waals surface area contributed by atoms with Crippen LogP contribution < -0.4 is 10.4 Å². The van der Waals surface area contributed by atoms with E-state index in [0.717, 1.165) is 10.4 Å². The lowest BCUT2D eigenvalue weighted by atomic mass is 10.1. The maximum absolute atomic E-state index is 12.2. The fourth-order valence-corrected chi connectivity index (χ4v) is 8.32. The number of carbonyl (C=O) groups is 1. The van der Waals surface area contributed by atoms with Gasteiger partial charge in [-0.1, -0.05) is 87.5 Å². The lowest BCUT2D eigenvalue weighted by Crippen LogP contribution is -2.69. The van der Waals surface area contributed by atoms with Crippen molar-refractivity contribution in [2.75, 3.05) is 7.11 Å². The molecule has 5 heteroatoms. The molecule has 0 bridgehead atoms. The van der Waals surface area contributed by atoms with Gasteiger partial charge >= 0.3 is 5.97 Å². The topological polar surface area (TPSA) is 55.8 Å². The first-order valence-corrected chi connectivity index (χ1v) is 11.3. The molecule has 0 aliphatic heterocycles. The Kier molecular flexibility index (Phi) is 7.35. The summed E-state index contributed by atoms with van der Waals surface area (Å²) in [7, 11) is -1.47. The van der Waals surface area contributed by atoms with Crippen molar-refractivity contribution in [3.05, 3.63) is 73.3 Å². The Morgan fingerprint density at radius 3 is 1.86 bits per heavy atom. The van der Waals surface area contributed by atoms with Gasteiger partial charge < -0.3 is 14.3 Å². The monoisotopic (exact) mass is 398 g/mol. The number of aliphatic carboxylic acids is 1. The van der Waals surface area contributed by atoms with Crippen molar-refractivity contribution in [2.24, 2.45) is 0 Å². The van der Waals surface area contributed by atoms with Gasteiger partial charge in [0.2, 0.25) is 0 Å². The van der Waals surface area contributed by atoms with E-state index < -0.39 is 26.5 Å². The number of methoxy groups -OCH3 is 1. The predicted octanol–water partition coefficient (Wildman–Crippen LogP) is 3.61. The van der Waals surface area contributed by atoms with Crippen molar-refractivity contribution in [3.63, 3.8) is 0 Å². The first-order chi connectivity index (χ1) is 13.3. The fourth-order valence-electron chi connectivity index (χ4n) is 3.67. The third kappa shape index (κ3) is 4.43. The average molecular weight is 399 g/mol. The minimum atomic E-state index is -2.98. The van der Waals surface area contributed by atoms with Crippen molar-refractivity contribution in [1.82, 2.24) is 0 Å². The van der Waals surface area contributed by atoms with Crippen LogP contribution in [0.1, 0.15) is 27.2 Å². The zero-order chi connectivity index (χ0) is 20.8. The van der Waals surface area contributed by atoms with E-state index in [4.69, 9.17) is 9.16 Å². The number of carboxylic acid groups (broad SMARTS) is 1. The smallest absolute Gasteiger partial charge is 0.334 e. The van der Waals surface area contributed by atoms with Crippen LogP contribution in [0.4, 0.5) is 0 Å². The van der Waals surface area contributed by atoms with Gasteiger partial charge in [-0.2, -0.15) is 0 Å². The van der Waals surface area contributed by atoms with Crippen molar-refractivity contribution in [1.29, 1.82) is 0 Å². The van der Waals surface area contributed by atoms with Crippen LogP contribution in [0.2, 0.25) is 5.04 Å². The summed E-state index contributed by atoms with van der Waals surface area (Å²) in [5.41, 5.74) is 0. The summed E-state index contributed by atoms with van der Waals surface area (Å²) in [6.45, 7) is 10.1. The highest BCUT2D eigenvalue weighted by molar-refractivity contribution is 6.99. The second kappa shape index (κ2) is 9.32. The first kappa shape index (κ1) is 22.1. The molecule has 28 heavy (non-hydrogen) atoms. The lowest BCUT2D eigenvalue weighted by Gasteiger charge is -2.45. The molecule has 150 valence electrons. The molecule has 0 radical (unpaired) electrons. The second-order valence-electron chi connectivity index (χ2n) is 7.84. The molecule has 0 fully saturated rings. The Morgan fingerprint density at radius 1 is 1.07 bits per heavy atom. The summed E-state index contributed by atoms with van der Waals surface area (Å²) in [4.78, 5) is 12.2. The van der Waals surface area contributed by atoms with Crippen molar-refractivity contribution < 1.29 is 19.1 Å². The van der Waals surface area contributed by atoms with Crippen molar-refractivity contribution in [3.8, 4) is 0 Å². The molecule has 0 unspecified atom stereocenters. The molecule has 0 aromatic heterocycles. The van der Waals surface area contributed by atoms with E-state index in [-0.39, 0.29) is 5.04 Å². The summed E-state index contributed by atoms with van der Waals surface area (Å²) in [6.07, 6.45) is 0.343. The molecule has 1 N–H and O–H groups in total. The molecule has 0 aliphatic carbocycles. The van der Waals surface area contributed by atoms with Crippen LogP contribution in [0.15, 0.2) is 73.3 Å². The highest BCUT2D eigenvalue weighted by atomic mass is 28.4. The maximum Gasteiger partial charge on any atom is 0.334 e. The van der Waals surface area contributed by atoms with Gasteiger partial charge in [-0.05, 0) is 21.8 Å². The number of ether oxygens (including phenoxy) is 1. The van der Waals surface area contributed by atoms with E-state index in [1.165, 1.54) is 7.11 Å². The largest absolute Gasteiger partial charge is 0.479 e. The highest BCUT2D eigenvalue weighted by Crippen LogP contribution is 2.38. The number of benzene rings is 2. The van der Waals surface area contributed by atoms with E-state index in [1.54, 1.807) is 6.08 Å². The summed E-state index contributed by atoms with van der Waals surface area (Å²) >= 11 is 0. The lowest BCUT2D eigenvalue weighted by molar-refractivity contribution is -0.152. The van der Waals surface area contributed by atoms with Gasteiger partial charge in [-0.3, -0.25) is 0 Å². The van der Waals surface area contributed by atoms with Crippen LogP contribution >= 0.6 is 0 Å². The van der Waals surface area contributed by atoms with Gasteiger partial charge in [-0.25, -0.2) is 4.79 Å². The summed E-state index contributed by atoms with van der Waals surface area (Å²) in [6, 6.07) is 20.0. The van der Waals surface area contributed by atoms with Gasteiger partial charge in [0.05, 0.1) is 6.10 Å². The highest BCUT2D eigenvalue weighted by Gasteiger charge is 2.53. The maximum atomic E-state index is 12.2. The summed E-state index contributed by atoms with van der Waals surface area (Å²) in [5, 5.41) is 11.8. The van der Waals surface area contributed by atoms with Gasteiger partial charge in [0.1, 0.15) is 0 Å². The van der Waals surface area contributed by atoms with Crippen LogP contribution in [0.3, 0.4) is 0 Å². The third-order valence-corrected chi connectivity index (χ3v) is 10.0. The molecule has 4 nitrogen and oxygen atoms in total. The molecule has 0 spiro atoms. The van der Waals surface area contributed by atoms with Crippen LogP contribution in [-0.2, 0) is 14.0 Å². The Bertz CT molecular complexity index is 729. The molecule has 0 amide bonds. The molecule has 0 saturated heterocycles. The Labute approximate surface area is 169 Å². The number of rotatable bonds is 9. The third-order valence-electron chi connectivity index (χ3n) is 5.00. The van der Waals surface area contributed by atoms with Gasteiger partial charge in [0, 0.05) is 7.11 Å². The number of carboxylic acids is 1. The van der Waals surface area contributed by atoms with Gasteiger partial charge in [0.15, 0.2) is 6.10 Å². The van der Waals surface area contributed by atoms with Gasteiger partial charge in [0.25, 0.3) is 8.32 Å². The molecule has 0 saturated carbocycles. The molecule has 0 heterocycles.